The van der Waals surface area contributed by atoms with Crippen molar-refractivity contribution in [2.45, 2.75) is 51.2 Å². The summed E-state index contributed by atoms with van der Waals surface area (Å²) in [6, 6.07) is 10.8. The number of nitrogens with zero attached hydrogens (tertiary/aromatic N) is 1. The standard InChI is InChI=1S/C26H34FNO3/c1-29-25-16-20-11-14-28(18-21(20)17-26(25)30-2)13-5-7-19-6-3-9-23-22(19)8-4-10-24(23)31-15-12-27/h3,6,9,16-17,24H,4-5,7-8,10-15,18H2,1-2H3. The minimum atomic E-state index is -0.414. The molecule has 2 aromatic carbocycles. The van der Waals surface area contributed by atoms with Gasteiger partial charge in [0.15, 0.2) is 11.5 Å². The molecule has 31 heavy (non-hydrogen) atoms. The predicted octanol–water partition coefficient (Wildman–Crippen LogP) is 5.06. The lowest BCUT2D eigenvalue weighted by Gasteiger charge is -2.30. The Morgan fingerprint density at radius 1 is 1.06 bits per heavy atom. The van der Waals surface area contributed by atoms with Crippen molar-refractivity contribution in [3.8, 4) is 11.5 Å². The van der Waals surface area contributed by atoms with Crippen LogP contribution in [0.25, 0.3) is 0 Å². The van der Waals surface area contributed by atoms with Gasteiger partial charge in [0, 0.05) is 13.1 Å². The van der Waals surface area contributed by atoms with Gasteiger partial charge >= 0.3 is 0 Å². The van der Waals surface area contributed by atoms with Crippen molar-refractivity contribution in [1.82, 2.24) is 4.90 Å². The second kappa shape index (κ2) is 10.5. The number of rotatable bonds is 9. The van der Waals surface area contributed by atoms with E-state index in [-0.39, 0.29) is 12.7 Å². The van der Waals surface area contributed by atoms with Crippen LogP contribution >= 0.6 is 0 Å². The molecule has 4 rings (SSSR count). The molecule has 2 aliphatic rings. The summed E-state index contributed by atoms with van der Waals surface area (Å²) in [5.74, 6) is 1.63. The van der Waals surface area contributed by atoms with Gasteiger partial charge in [-0.05, 0) is 85.0 Å². The smallest absolute Gasteiger partial charge is 0.161 e. The van der Waals surface area contributed by atoms with Gasteiger partial charge in [-0.25, -0.2) is 4.39 Å². The molecule has 0 saturated carbocycles. The van der Waals surface area contributed by atoms with E-state index in [1.54, 1.807) is 14.2 Å². The molecule has 0 saturated heterocycles. The molecule has 0 amide bonds. The zero-order valence-electron chi connectivity index (χ0n) is 18.8. The van der Waals surface area contributed by atoms with Crippen molar-refractivity contribution in [1.29, 1.82) is 0 Å². The molecule has 0 spiro atoms. The van der Waals surface area contributed by atoms with Crippen molar-refractivity contribution in [2.75, 3.05) is 40.6 Å². The molecule has 168 valence electrons. The first-order chi connectivity index (χ1) is 15.2. The first kappa shape index (κ1) is 22.1. The highest BCUT2D eigenvalue weighted by Gasteiger charge is 2.23. The molecule has 1 aliphatic carbocycles. The Hall–Kier alpha value is -2.11. The van der Waals surface area contributed by atoms with Gasteiger partial charge in [-0.1, -0.05) is 18.2 Å². The van der Waals surface area contributed by atoms with Gasteiger partial charge < -0.3 is 14.2 Å². The summed E-state index contributed by atoms with van der Waals surface area (Å²) in [7, 11) is 3.38. The Bertz CT molecular complexity index is 885. The van der Waals surface area contributed by atoms with Gasteiger partial charge in [0.2, 0.25) is 0 Å². The van der Waals surface area contributed by atoms with E-state index >= 15 is 0 Å². The van der Waals surface area contributed by atoms with Gasteiger partial charge in [-0.15, -0.1) is 0 Å². The third-order valence-electron chi connectivity index (χ3n) is 6.66. The van der Waals surface area contributed by atoms with E-state index in [0.717, 1.165) is 69.7 Å². The molecule has 4 nitrogen and oxygen atoms in total. The molecule has 0 aromatic heterocycles. The van der Waals surface area contributed by atoms with Crippen molar-refractivity contribution in [2.24, 2.45) is 0 Å². The van der Waals surface area contributed by atoms with E-state index in [9.17, 15) is 4.39 Å². The number of hydrogen-bond donors (Lipinski definition) is 0. The summed E-state index contributed by atoms with van der Waals surface area (Å²) in [6.45, 7) is 2.90. The lowest BCUT2D eigenvalue weighted by molar-refractivity contribution is 0.0325. The van der Waals surface area contributed by atoms with Crippen molar-refractivity contribution >= 4 is 0 Å². The third kappa shape index (κ3) is 5.04. The van der Waals surface area contributed by atoms with Gasteiger partial charge in [-0.2, -0.15) is 0 Å². The van der Waals surface area contributed by atoms with Crippen molar-refractivity contribution in [3.05, 3.63) is 58.1 Å². The number of halogens is 1. The third-order valence-corrected chi connectivity index (χ3v) is 6.66. The number of aryl methyl sites for hydroxylation is 1. The van der Waals surface area contributed by atoms with Crippen molar-refractivity contribution < 1.29 is 18.6 Å². The second-order valence-corrected chi connectivity index (χ2v) is 8.53. The maximum atomic E-state index is 12.6. The molecule has 0 fully saturated rings. The average molecular weight is 428 g/mol. The van der Waals surface area contributed by atoms with Crippen LogP contribution in [0.2, 0.25) is 0 Å². The highest BCUT2D eigenvalue weighted by molar-refractivity contribution is 5.48. The zero-order valence-corrected chi connectivity index (χ0v) is 18.8. The molecule has 2 aromatic rings. The molecular formula is C26H34FNO3. The fourth-order valence-corrected chi connectivity index (χ4v) is 5.10. The SMILES string of the molecule is COc1cc2c(cc1OC)CN(CCCc1cccc3c1CCCC3OCCF)CC2. The Balaban J connectivity index is 1.36. The quantitative estimate of drug-likeness (QED) is 0.560. The number of fused-ring (bicyclic) bond motifs is 2. The number of hydrogen-bond acceptors (Lipinski definition) is 4. The van der Waals surface area contributed by atoms with E-state index in [2.05, 4.69) is 35.2 Å². The van der Waals surface area contributed by atoms with Crippen LogP contribution in [0.1, 0.15) is 53.2 Å². The van der Waals surface area contributed by atoms with E-state index in [4.69, 9.17) is 14.2 Å². The first-order valence-corrected chi connectivity index (χ1v) is 11.5. The minimum absolute atomic E-state index is 0.0602. The van der Waals surface area contributed by atoms with Crippen LogP contribution in [-0.4, -0.2) is 45.5 Å². The van der Waals surface area contributed by atoms with Crippen LogP contribution in [0, 0.1) is 0 Å². The fraction of sp³-hybridized carbons (Fsp3) is 0.538. The molecule has 1 aliphatic heterocycles. The fourth-order valence-electron chi connectivity index (χ4n) is 5.10. The van der Waals surface area contributed by atoms with E-state index in [1.165, 1.54) is 27.8 Å². The molecule has 1 atom stereocenters. The van der Waals surface area contributed by atoms with E-state index in [0.29, 0.717) is 0 Å². The molecule has 0 radical (unpaired) electrons. The highest BCUT2D eigenvalue weighted by atomic mass is 19.1. The minimum Gasteiger partial charge on any atom is -0.493 e. The molecule has 0 bridgehead atoms. The molecule has 1 heterocycles. The van der Waals surface area contributed by atoms with E-state index < -0.39 is 6.67 Å². The van der Waals surface area contributed by atoms with Crippen LogP contribution in [0.3, 0.4) is 0 Å². The maximum absolute atomic E-state index is 12.6. The van der Waals surface area contributed by atoms with Gasteiger partial charge in [-0.3, -0.25) is 4.90 Å². The highest BCUT2D eigenvalue weighted by Crippen LogP contribution is 2.35. The summed E-state index contributed by atoms with van der Waals surface area (Å²) in [5.41, 5.74) is 6.87. The summed E-state index contributed by atoms with van der Waals surface area (Å²) in [6.07, 6.45) is 6.55. The van der Waals surface area contributed by atoms with Gasteiger partial charge in [0.25, 0.3) is 0 Å². The zero-order chi connectivity index (χ0) is 21.6. The van der Waals surface area contributed by atoms with Crippen LogP contribution in [-0.2, 0) is 30.5 Å². The van der Waals surface area contributed by atoms with Crippen LogP contribution in [0.4, 0.5) is 4.39 Å². The molecule has 1 unspecified atom stereocenters. The maximum Gasteiger partial charge on any atom is 0.161 e. The molecule has 5 heteroatoms. The topological polar surface area (TPSA) is 30.9 Å². The number of benzene rings is 2. The predicted molar refractivity (Wildman–Crippen MR) is 121 cm³/mol. The lowest BCUT2D eigenvalue weighted by Crippen LogP contribution is -2.31. The second-order valence-electron chi connectivity index (χ2n) is 8.53. The normalized spacial score (nSPS) is 18.4. The monoisotopic (exact) mass is 427 g/mol. The first-order valence-electron chi connectivity index (χ1n) is 11.5. The Labute approximate surface area is 185 Å². The molecular weight excluding hydrogens is 393 g/mol. The Morgan fingerprint density at radius 2 is 1.87 bits per heavy atom. The van der Waals surface area contributed by atoms with Crippen molar-refractivity contribution in [3.63, 3.8) is 0 Å². The summed E-state index contributed by atoms with van der Waals surface area (Å²) < 4.78 is 29.3. The van der Waals surface area contributed by atoms with Crippen LogP contribution < -0.4 is 9.47 Å². The Morgan fingerprint density at radius 3 is 2.65 bits per heavy atom. The summed E-state index contributed by atoms with van der Waals surface area (Å²) in [4.78, 5) is 2.54. The largest absolute Gasteiger partial charge is 0.493 e. The van der Waals surface area contributed by atoms with Gasteiger partial charge in [0.1, 0.15) is 6.67 Å². The summed E-state index contributed by atoms with van der Waals surface area (Å²) >= 11 is 0. The van der Waals surface area contributed by atoms with Crippen LogP contribution in [0.15, 0.2) is 30.3 Å². The van der Waals surface area contributed by atoms with E-state index in [1.807, 2.05) is 0 Å². The van der Waals surface area contributed by atoms with Crippen LogP contribution in [0.5, 0.6) is 11.5 Å². The number of ether oxygens (including phenoxy) is 3. The summed E-state index contributed by atoms with van der Waals surface area (Å²) in [5, 5.41) is 0. The number of alkyl halides is 1. The average Bonchev–Trinajstić information content (AvgIpc) is 2.81. The van der Waals surface area contributed by atoms with Gasteiger partial charge in [0.05, 0.1) is 26.9 Å². The lowest BCUT2D eigenvalue weighted by atomic mass is 9.85. The Kier molecular flexibility index (Phi) is 7.46. The number of methoxy groups -OCH3 is 2. The molecule has 0 N–H and O–H groups in total.